The van der Waals surface area contributed by atoms with Gasteiger partial charge in [0.2, 0.25) is 6.79 Å². The quantitative estimate of drug-likeness (QED) is 0.566. The number of pyridine rings is 1. The van der Waals surface area contributed by atoms with Gasteiger partial charge in [-0.15, -0.1) is 0 Å². The van der Waals surface area contributed by atoms with Crippen molar-refractivity contribution in [2.45, 2.75) is 26.1 Å². The Kier molecular flexibility index (Phi) is 6.23. The Morgan fingerprint density at radius 2 is 1.81 bits per heavy atom. The molecular formula is C26H29N3O3. The van der Waals surface area contributed by atoms with E-state index in [4.69, 9.17) is 14.2 Å². The van der Waals surface area contributed by atoms with E-state index in [-0.39, 0.29) is 0 Å². The lowest BCUT2D eigenvalue weighted by atomic mass is 10.1. The number of fused-ring (bicyclic) bond motifs is 2. The Hall–Kier alpha value is -3.09. The molecule has 2 aliphatic heterocycles. The first-order chi connectivity index (χ1) is 15.7. The Balaban J connectivity index is 1.22. The van der Waals surface area contributed by atoms with E-state index in [9.17, 15) is 0 Å². The molecule has 1 aromatic heterocycles. The zero-order chi connectivity index (χ0) is 21.8. The number of benzene rings is 2. The van der Waals surface area contributed by atoms with Gasteiger partial charge in [-0.25, -0.2) is 0 Å². The van der Waals surface area contributed by atoms with Gasteiger partial charge in [-0.3, -0.25) is 9.88 Å². The minimum Gasteiger partial charge on any atom is -0.492 e. The second-order valence-electron chi connectivity index (χ2n) is 8.50. The zero-order valence-corrected chi connectivity index (χ0v) is 18.5. The van der Waals surface area contributed by atoms with E-state index >= 15 is 0 Å². The fourth-order valence-corrected chi connectivity index (χ4v) is 4.27. The average Bonchev–Trinajstić information content (AvgIpc) is 3.18. The van der Waals surface area contributed by atoms with Gasteiger partial charge in [0.15, 0.2) is 11.5 Å². The van der Waals surface area contributed by atoms with Crippen LogP contribution in [-0.2, 0) is 26.1 Å². The van der Waals surface area contributed by atoms with Crippen molar-refractivity contribution in [3.8, 4) is 17.2 Å². The number of hydrogen-bond donors (Lipinski definition) is 0. The number of ether oxygens (including phenoxy) is 3. The first-order valence-electron chi connectivity index (χ1n) is 11.2. The highest BCUT2D eigenvalue weighted by atomic mass is 16.7. The second kappa shape index (κ2) is 9.59. The lowest BCUT2D eigenvalue weighted by Gasteiger charge is -2.20. The SMILES string of the molecule is CN(CCc1ccccn1)Cc1ccc2c(c1)CN(Cc1ccc3c(c1)OCO3)CCO2. The van der Waals surface area contributed by atoms with Gasteiger partial charge in [0.25, 0.3) is 0 Å². The highest BCUT2D eigenvalue weighted by Gasteiger charge is 2.18. The Bertz CT molecular complexity index is 1060. The molecule has 6 heteroatoms. The highest BCUT2D eigenvalue weighted by Crippen LogP contribution is 2.33. The van der Waals surface area contributed by atoms with E-state index in [2.05, 4.69) is 58.2 Å². The lowest BCUT2D eigenvalue weighted by molar-refractivity contribution is 0.174. The molecule has 0 radical (unpaired) electrons. The second-order valence-corrected chi connectivity index (χ2v) is 8.50. The number of aromatic nitrogens is 1. The molecule has 2 aliphatic rings. The fourth-order valence-electron chi connectivity index (χ4n) is 4.27. The van der Waals surface area contributed by atoms with Crippen LogP contribution in [0.4, 0.5) is 0 Å². The zero-order valence-electron chi connectivity index (χ0n) is 18.5. The van der Waals surface area contributed by atoms with Gasteiger partial charge in [-0.05, 0) is 54.6 Å². The van der Waals surface area contributed by atoms with Crippen molar-refractivity contribution < 1.29 is 14.2 Å². The van der Waals surface area contributed by atoms with E-state index in [1.165, 1.54) is 16.7 Å². The molecule has 0 atom stereocenters. The summed E-state index contributed by atoms with van der Waals surface area (Å²) in [6.07, 6.45) is 2.81. The molecule has 166 valence electrons. The molecule has 0 saturated heterocycles. The number of hydrogen-bond acceptors (Lipinski definition) is 6. The van der Waals surface area contributed by atoms with E-state index in [1.807, 2.05) is 24.4 Å². The van der Waals surface area contributed by atoms with Gasteiger partial charge in [0.1, 0.15) is 12.4 Å². The fraction of sp³-hybridized carbons (Fsp3) is 0.346. The summed E-state index contributed by atoms with van der Waals surface area (Å²) in [6, 6.07) is 18.9. The predicted octanol–water partition coefficient (Wildman–Crippen LogP) is 3.88. The molecule has 0 fully saturated rings. The maximum atomic E-state index is 6.05. The van der Waals surface area contributed by atoms with E-state index in [0.29, 0.717) is 13.4 Å². The third-order valence-corrected chi connectivity index (χ3v) is 5.96. The monoisotopic (exact) mass is 431 g/mol. The van der Waals surface area contributed by atoms with Crippen LogP contribution in [-0.4, -0.2) is 48.3 Å². The molecule has 0 unspecified atom stereocenters. The van der Waals surface area contributed by atoms with Crippen LogP contribution >= 0.6 is 0 Å². The van der Waals surface area contributed by atoms with Crippen molar-refractivity contribution in [3.63, 3.8) is 0 Å². The van der Waals surface area contributed by atoms with E-state index < -0.39 is 0 Å². The van der Waals surface area contributed by atoms with Gasteiger partial charge in [0, 0.05) is 56.6 Å². The maximum absolute atomic E-state index is 6.05. The third-order valence-electron chi connectivity index (χ3n) is 5.96. The molecule has 2 aromatic carbocycles. The minimum absolute atomic E-state index is 0.308. The van der Waals surface area contributed by atoms with Crippen molar-refractivity contribution in [1.82, 2.24) is 14.8 Å². The molecular weight excluding hydrogens is 402 g/mol. The molecule has 0 N–H and O–H groups in total. The smallest absolute Gasteiger partial charge is 0.231 e. The number of rotatable bonds is 7. The Morgan fingerprint density at radius 3 is 2.72 bits per heavy atom. The van der Waals surface area contributed by atoms with Crippen LogP contribution in [0.25, 0.3) is 0 Å². The Labute approximate surface area is 189 Å². The van der Waals surface area contributed by atoms with Crippen molar-refractivity contribution in [2.75, 3.05) is 33.5 Å². The summed E-state index contributed by atoms with van der Waals surface area (Å²) < 4.78 is 17.0. The summed E-state index contributed by atoms with van der Waals surface area (Å²) in [4.78, 5) is 9.20. The van der Waals surface area contributed by atoms with Gasteiger partial charge >= 0.3 is 0 Å². The van der Waals surface area contributed by atoms with Gasteiger partial charge in [-0.1, -0.05) is 18.2 Å². The average molecular weight is 432 g/mol. The maximum Gasteiger partial charge on any atom is 0.231 e. The van der Waals surface area contributed by atoms with Crippen molar-refractivity contribution in [2.24, 2.45) is 0 Å². The largest absolute Gasteiger partial charge is 0.492 e. The van der Waals surface area contributed by atoms with Gasteiger partial charge < -0.3 is 19.1 Å². The van der Waals surface area contributed by atoms with Gasteiger partial charge in [0.05, 0.1) is 0 Å². The van der Waals surface area contributed by atoms with Crippen molar-refractivity contribution in [3.05, 3.63) is 83.2 Å². The molecule has 0 spiro atoms. The van der Waals surface area contributed by atoms with Crippen LogP contribution in [0, 0.1) is 0 Å². The molecule has 6 nitrogen and oxygen atoms in total. The first kappa shape index (κ1) is 20.8. The first-order valence-corrected chi connectivity index (χ1v) is 11.2. The van der Waals surface area contributed by atoms with E-state index in [0.717, 1.165) is 62.1 Å². The lowest BCUT2D eigenvalue weighted by Crippen LogP contribution is -2.25. The molecule has 5 rings (SSSR count). The molecule has 3 heterocycles. The van der Waals surface area contributed by atoms with E-state index in [1.54, 1.807) is 0 Å². The Morgan fingerprint density at radius 1 is 0.938 bits per heavy atom. The van der Waals surface area contributed by atoms with Crippen LogP contribution in [0.3, 0.4) is 0 Å². The van der Waals surface area contributed by atoms with Crippen LogP contribution in [0.15, 0.2) is 60.8 Å². The van der Waals surface area contributed by atoms with Crippen molar-refractivity contribution >= 4 is 0 Å². The van der Waals surface area contributed by atoms with Crippen LogP contribution in [0.5, 0.6) is 17.2 Å². The molecule has 0 saturated carbocycles. The van der Waals surface area contributed by atoms with Crippen LogP contribution in [0.2, 0.25) is 0 Å². The van der Waals surface area contributed by atoms with Crippen LogP contribution in [0.1, 0.15) is 22.4 Å². The summed E-state index contributed by atoms with van der Waals surface area (Å²) in [6.45, 7) is 5.50. The number of nitrogens with zero attached hydrogens (tertiary/aromatic N) is 3. The summed E-state index contributed by atoms with van der Waals surface area (Å²) in [5.41, 5.74) is 4.91. The third kappa shape index (κ3) is 5.03. The molecule has 32 heavy (non-hydrogen) atoms. The summed E-state index contributed by atoms with van der Waals surface area (Å²) in [5, 5.41) is 0. The number of likely N-dealkylation sites (N-methyl/N-ethyl adjacent to an activating group) is 1. The topological polar surface area (TPSA) is 47.1 Å². The predicted molar refractivity (Wildman–Crippen MR) is 123 cm³/mol. The highest BCUT2D eigenvalue weighted by molar-refractivity contribution is 5.44. The molecule has 0 bridgehead atoms. The summed E-state index contributed by atoms with van der Waals surface area (Å²) >= 11 is 0. The van der Waals surface area contributed by atoms with Crippen LogP contribution < -0.4 is 14.2 Å². The van der Waals surface area contributed by atoms with Crippen molar-refractivity contribution in [1.29, 1.82) is 0 Å². The molecule has 0 aliphatic carbocycles. The summed E-state index contributed by atoms with van der Waals surface area (Å²) in [7, 11) is 2.16. The normalized spacial score (nSPS) is 15.3. The molecule has 0 amide bonds. The minimum atomic E-state index is 0.308. The molecule has 3 aromatic rings. The van der Waals surface area contributed by atoms with Gasteiger partial charge in [-0.2, -0.15) is 0 Å². The summed E-state index contributed by atoms with van der Waals surface area (Å²) in [5.74, 6) is 2.66. The standard InChI is InChI=1S/C26H29N3O3/c1-28(11-9-23-4-2-3-10-27-23)16-20-5-7-24-22(14-20)18-29(12-13-30-24)17-21-6-8-25-26(15-21)32-19-31-25/h2-8,10,14-15H,9,11-13,16-19H2,1H3.